The minimum absolute atomic E-state index is 0.0229. The Hall–Kier alpha value is -11.4. The number of ether oxygens (including phenoxy) is 6. The van der Waals surface area contributed by atoms with Crippen LogP contribution in [0.3, 0.4) is 0 Å². The molecule has 106 heavy (non-hydrogen) atoms. The van der Waals surface area contributed by atoms with Gasteiger partial charge in [0, 0.05) is 50.0 Å². The lowest BCUT2D eigenvalue weighted by atomic mass is 9.95. The molecule has 12 rings (SSSR count). The van der Waals surface area contributed by atoms with Gasteiger partial charge < -0.3 is 75.0 Å². The maximum atomic E-state index is 14.6. The number of nitrogens with one attached hydrogen (secondary N) is 6. The van der Waals surface area contributed by atoms with E-state index >= 15 is 0 Å². The predicted molar refractivity (Wildman–Crippen MR) is 400 cm³/mol. The Morgan fingerprint density at radius 2 is 1.35 bits per heavy atom. The van der Waals surface area contributed by atoms with Gasteiger partial charge in [0.25, 0.3) is 11.8 Å². The number of rotatable bonds is 27. The molecule has 25 nitrogen and oxygen atoms in total. The zero-order chi connectivity index (χ0) is 74.9. The topological polar surface area (TPSA) is 294 Å². The number of amides is 9. The summed E-state index contributed by atoms with van der Waals surface area (Å²) in [4.78, 5) is 130. The van der Waals surface area contributed by atoms with Crippen molar-refractivity contribution in [1.82, 2.24) is 31.1 Å². The molecule has 1 saturated carbocycles. The first-order valence-corrected chi connectivity index (χ1v) is 36.2. The number of methoxy groups -OCH3 is 3. The smallest absolute Gasteiger partial charge is 0.414 e. The van der Waals surface area contributed by atoms with Crippen LogP contribution in [0.15, 0.2) is 128 Å². The summed E-state index contributed by atoms with van der Waals surface area (Å²) in [7, 11) is 4.69. The first-order valence-electron chi connectivity index (χ1n) is 36.2. The van der Waals surface area contributed by atoms with Crippen LogP contribution < -0.4 is 65.4 Å². The molecule has 1 spiro atoms. The molecule has 556 valence electrons. The Kier molecular flexibility index (Phi) is 23.0. The monoisotopic (exact) mass is 1440 g/mol. The third kappa shape index (κ3) is 16.9. The second-order valence-corrected chi connectivity index (χ2v) is 28.3. The Balaban J connectivity index is 0.591. The van der Waals surface area contributed by atoms with E-state index in [2.05, 4.69) is 31.9 Å². The fourth-order valence-corrected chi connectivity index (χ4v) is 14.5. The van der Waals surface area contributed by atoms with Gasteiger partial charge in [-0.3, -0.25) is 43.3 Å². The molecule has 0 radical (unpaired) electrons. The first kappa shape index (κ1) is 74.4. The number of anilines is 4. The van der Waals surface area contributed by atoms with E-state index in [0.717, 1.165) is 70.5 Å². The van der Waals surface area contributed by atoms with E-state index in [-0.39, 0.29) is 54.7 Å². The summed E-state index contributed by atoms with van der Waals surface area (Å²) in [5.74, 6) is -1.64. The Bertz CT molecular complexity index is 4420. The zero-order valence-electron chi connectivity index (χ0n) is 61.1. The number of hydrogen-bond donors (Lipinski definition) is 6. The van der Waals surface area contributed by atoms with Gasteiger partial charge in [0.15, 0.2) is 23.0 Å². The molecule has 25 heteroatoms. The van der Waals surface area contributed by atoms with Crippen LogP contribution in [0.4, 0.5) is 27.5 Å². The van der Waals surface area contributed by atoms with Crippen molar-refractivity contribution in [3.8, 4) is 28.7 Å². The van der Waals surface area contributed by atoms with Gasteiger partial charge in [0.1, 0.15) is 24.4 Å². The second kappa shape index (κ2) is 32.7. The number of fused-ring (bicyclic) bond motifs is 6. The van der Waals surface area contributed by atoms with Crippen LogP contribution in [0.25, 0.3) is 17.2 Å². The normalized spacial score (nSPS) is 18.3. The van der Waals surface area contributed by atoms with Crippen LogP contribution in [-0.2, 0) is 46.7 Å². The summed E-state index contributed by atoms with van der Waals surface area (Å²) in [6.07, 6.45) is 8.53. The van der Waals surface area contributed by atoms with Crippen molar-refractivity contribution < 1.29 is 71.6 Å². The summed E-state index contributed by atoms with van der Waals surface area (Å²) >= 11 is 0. The van der Waals surface area contributed by atoms with Crippen LogP contribution in [0.2, 0.25) is 0 Å². The third-order valence-corrected chi connectivity index (χ3v) is 20.6. The molecule has 6 N–H and O–H groups in total. The molecule has 5 heterocycles. The van der Waals surface area contributed by atoms with Crippen LogP contribution in [-0.4, -0.2) is 154 Å². The highest BCUT2D eigenvalue weighted by atomic mass is 16.6. The number of benzene rings is 6. The number of hydrogen-bond acceptors (Lipinski definition) is 16. The number of nitrogens with zero attached hydrogens (tertiary/aromatic N) is 4. The minimum atomic E-state index is -1.09. The molecule has 6 aliphatic rings. The van der Waals surface area contributed by atoms with Gasteiger partial charge in [0.05, 0.1) is 100 Å². The first-order chi connectivity index (χ1) is 51.1. The molecule has 5 atom stereocenters. The molecular weight excluding hydrogens is 1350 g/mol. The van der Waals surface area contributed by atoms with E-state index in [1.807, 2.05) is 110 Å². The maximum absolute atomic E-state index is 14.6. The molecule has 1 saturated heterocycles. The average Bonchev–Trinajstić information content (AvgIpc) is 1.56. The number of allylic oxidation sites excluding steroid dienone is 1. The van der Waals surface area contributed by atoms with Crippen molar-refractivity contribution in [2.45, 2.75) is 136 Å². The summed E-state index contributed by atoms with van der Waals surface area (Å²) in [5.41, 5.74) is 9.61. The van der Waals surface area contributed by atoms with Gasteiger partial charge in [0.2, 0.25) is 35.4 Å². The largest absolute Gasteiger partial charge is 0.497 e. The van der Waals surface area contributed by atoms with Crippen molar-refractivity contribution in [3.05, 3.63) is 166 Å². The number of para-hydroxylation sites is 1. The van der Waals surface area contributed by atoms with Gasteiger partial charge in [-0.1, -0.05) is 80.6 Å². The van der Waals surface area contributed by atoms with Gasteiger partial charge in [-0.25, -0.2) is 4.79 Å². The highest BCUT2D eigenvalue weighted by molar-refractivity contribution is 6.07. The van der Waals surface area contributed by atoms with Crippen LogP contribution in [0.1, 0.15) is 141 Å². The molecule has 9 amide bonds. The lowest BCUT2D eigenvalue weighted by molar-refractivity contribution is -0.132. The molecule has 1 unspecified atom stereocenters. The van der Waals surface area contributed by atoms with Crippen LogP contribution >= 0.6 is 0 Å². The molecule has 1 aliphatic carbocycles. The van der Waals surface area contributed by atoms with Crippen molar-refractivity contribution in [1.29, 1.82) is 0 Å². The van der Waals surface area contributed by atoms with Gasteiger partial charge in [-0.2, -0.15) is 0 Å². The highest BCUT2D eigenvalue weighted by Crippen LogP contribution is 2.57. The molecule has 2 fully saturated rings. The molecule has 0 aromatic heterocycles. The van der Waals surface area contributed by atoms with Crippen molar-refractivity contribution in [2.75, 3.05) is 81.2 Å². The average molecular weight is 1450 g/mol. The fraction of sp³-hybridized carbons (Fsp3) is 0.395. The Morgan fingerprint density at radius 3 is 2.06 bits per heavy atom. The number of carbonyl (C=O) groups is 9. The van der Waals surface area contributed by atoms with E-state index in [4.69, 9.17) is 28.4 Å². The van der Waals surface area contributed by atoms with Gasteiger partial charge in [-0.05, 0) is 165 Å². The quantitative estimate of drug-likeness (QED) is 0.0261. The van der Waals surface area contributed by atoms with Crippen molar-refractivity contribution in [2.24, 2.45) is 11.3 Å². The maximum Gasteiger partial charge on any atom is 0.414 e. The lowest BCUT2D eigenvalue weighted by Crippen LogP contribution is -2.55. The van der Waals surface area contributed by atoms with E-state index in [9.17, 15) is 43.2 Å². The standard InChI is InChI=1S/C81H92N10O15/c1-48(2)75(87-73(94)43-84-72(93)42-83-71(92)28-29-74(95)89-44-55-17-10-12-18-60(55)49(3)34-54-16-11-13-19-64(54)89)77(97)85-50(4)76(96)86-57-24-20-52(21-25-57)46-106-80(100)91-51(5)66-40-81(30-31-81)47-90(66)79(99)62-37-68(103-8)70(39-65(62)91)105-33-15-9-14-32-104-69-38-63-61(36-67(69)102-7)78(98)88-45-56(35-58(88)41-82-63)53-22-26-59(101-6)27-23-53/h10-13,16-27,34,36-39,45,48,50-51,58,66,75,82H,9,14-15,28-33,35,40-44,46-47H2,1-8H3,(H,83,92)(H,84,93)(H,85,97)(H,86,96)(H,87,94)/b49-34-/t50-,51-,58-,66?,75-/m0/s1. The second-order valence-electron chi connectivity index (χ2n) is 28.3. The predicted octanol–water partition coefficient (Wildman–Crippen LogP) is 10.3. The van der Waals surface area contributed by atoms with E-state index in [1.165, 1.54) is 14.0 Å². The van der Waals surface area contributed by atoms with Crippen LogP contribution in [0, 0.1) is 11.3 Å². The summed E-state index contributed by atoms with van der Waals surface area (Å²) < 4.78 is 35.6. The third-order valence-electron chi connectivity index (χ3n) is 20.6. The van der Waals surface area contributed by atoms with Gasteiger partial charge in [-0.15, -0.1) is 0 Å². The van der Waals surface area contributed by atoms with E-state index < -0.39 is 72.8 Å². The lowest BCUT2D eigenvalue weighted by Gasteiger charge is -2.33. The highest BCUT2D eigenvalue weighted by Gasteiger charge is 2.57. The van der Waals surface area contributed by atoms with E-state index in [1.54, 1.807) is 85.2 Å². The fourth-order valence-electron chi connectivity index (χ4n) is 14.5. The van der Waals surface area contributed by atoms with E-state index in [0.29, 0.717) is 109 Å². The van der Waals surface area contributed by atoms with Crippen molar-refractivity contribution in [3.63, 3.8) is 0 Å². The molecule has 5 aliphatic heterocycles. The Labute approximate surface area is 616 Å². The zero-order valence-corrected chi connectivity index (χ0v) is 61.1. The molecular formula is C81H92N10O15. The summed E-state index contributed by atoms with van der Waals surface area (Å²) in [6.45, 7) is 9.91. The number of unbranched alkanes of at least 4 members (excludes halogenated alkanes) is 2. The molecule has 0 bridgehead atoms. The van der Waals surface area contributed by atoms with Gasteiger partial charge >= 0.3 is 6.09 Å². The molecule has 6 aromatic rings. The summed E-state index contributed by atoms with van der Waals surface area (Å²) in [5, 5.41) is 16.5. The number of carbonyl (C=O) groups excluding carboxylic acids is 9. The SMILES string of the molecule is COc1ccc(C2=CN3C(=O)c4cc(OC)c(OCCCCCOc5cc6c(cc5OC)C(=O)N5CC7(CC7)CC5[C@H](C)N6C(=O)OCc5ccc(NC(=O)[C@H](C)NC(=O)[C@@H](NC(=O)CNC(=O)CNC(=O)CCC(=O)N6Cc7ccccc7/C(C)=C\c7ccccc76)C(C)C)cc5)cc4NC[C@@H]3C2)cc1. The minimum Gasteiger partial charge on any atom is -0.497 e. The summed E-state index contributed by atoms with van der Waals surface area (Å²) in [6, 6.07) is 33.9. The Morgan fingerprint density at radius 1 is 0.670 bits per heavy atom. The van der Waals surface area contributed by atoms with Crippen LogP contribution in [0.5, 0.6) is 28.7 Å². The molecule has 6 aromatic carbocycles. The van der Waals surface area contributed by atoms with Crippen molar-refractivity contribution >= 4 is 93.3 Å².